The first-order chi connectivity index (χ1) is 13.5. The number of rotatable bonds is 9. The average Bonchev–Trinajstić information content (AvgIpc) is 2.74. The van der Waals surface area contributed by atoms with Gasteiger partial charge >= 0.3 is 6.03 Å². The molecule has 0 spiro atoms. The fourth-order valence-corrected chi connectivity index (χ4v) is 3.06. The zero-order valence-corrected chi connectivity index (χ0v) is 17.0. The highest BCUT2D eigenvalue weighted by molar-refractivity contribution is 5.90. The minimum Gasteiger partial charge on any atom is -0.493 e. The lowest BCUT2D eigenvalue weighted by atomic mass is 9.91. The number of hydrogen-bond donors (Lipinski definition) is 2. The molecular formula is C21H28N2O5. The number of benzene rings is 2. The second kappa shape index (κ2) is 9.85. The van der Waals surface area contributed by atoms with Gasteiger partial charge in [0, 0.05) is 19.2 Å². The van der Waals surface area contributed by atoms with Gasteiger partial charge in [0.15, 0.2) is 11.5 Å². The molecule has 7 heteroatoms. The van der Waals surface area contributed by atoms with Crippen LogP contribution in [0, 0.1) is 0 Å². The molecule has 0 aliphatic rings. The van der Waals surface area contributed by atoms with E-state index >= 15 is 0 Å². The highest BCUT2D eigenvalue weighted by Gasteiger charge is 2.30. The van der Waals surface area contributed by atoms with Gasteiger partial charge in [-0.2, -0.15) is 0 Å². The van der Waals surface area contributed by atoms with Crippen LogP contribution in [0.2, 0.25) is 0 Å². The second-order valence-electron chi connectivity index (χ2n) is 6.14. The molecule has 0 radical (unpaired) electrons. The molecule has 0 aliphatic carbocycles. The Balaban J connectivity index is 2.13. The summed E-state index contributed by atoms with van der Waals surface area (Å²) >= 11 is 0. The van der Waals surface area contributed by atoms with Crippen molar-refractivity contribution in [2.45, 2.75) is 18.9 Å². The van der Waals surface area contributed by atoms with Crippen LogP contribution < -0.4 is 24.8 Å². The van der Waals surface area contributed by atoms with Crippen LogP contribution in [-0.2, 0) is 10.3 Å². The van der Waals surface area contributed by atoms with Crippen molar-refractivity contribution in [3.63, 3.8) is 0 Å². The number of hydrogen-bond acceptors (Lipinski definition) is 5. The Kier molecular flexibility index (Phi) is 7.52. The summed E-state index contributed by atoms with van der Waals surface area (Å²) in [5.74, 6) is 1.38. The third-order valence-electron chi connectivity index (χ3n) is 4.72. The van der Waals surface area contributed by atoms with E-state index in [0.29, 0.717) is 35.9 Å². The van der Waals surface area contributed by atoms with E-state index in [4.69, 9.17) is 18.9 Å². The third kappa shape index (κ3) is 4.67. The first-order valence-electron chi connectivity index (χ1n) is 8.99. The van der Waals surface area contributed by atoms with Gasteiger partial charge in [-0.05, 0) is 12.0 Å². The van der Waals surface area contributed by atoms with Gasteiger partial charge in [-0.3, -0.25) is 0 Å². The van der Waals surface area contributed by atoms with Crippen molar-refractivity contribution >= 4 is 11.7 Å². The molecule has 1 atom stereocenters. The van der Waals surface area contributed by atoms with Crippen molar-refractivity contribution in [3.05, 3.63) is 48.0 Å². The van der Waals surface area contributed by atoms with E-state index in [9.17, 15) is 4.79 Å². The highest BCUT2D eigenvalue weighted by atomic mass is 16.5. The van der Waals surface area contributed by atoms with Crippen molar-refractivity contribution < 1.29 is 23.7 Å². The molecule has 0 bridgehead atoms. The molecule has 2 rings (SSSR count). The lowest BCUT2D eigenvalue weighted by Gasteiger charge is -2.32. The SMILES string of the molecule is CCC(CNC(=O)Nc1cc(OC)c(OC)c(OC)c1)(OC)c1ccccc1. The van der Waals surface area contributed by atoms with Gasteiger partial charge < -0.3 is 29.6 Å². The molecule has 2 aromatic rings. The molecule has 0 aliphatic heterocycles. The first-order valence-corrected chi connectivity index (χ1v) is 8.99. The van der Waals surface area contributed by atoms with Crippen LogP contribution in [0.1, 0.15) is 18.9 Å². The minimum absolute atomic E-state index is 0.320. The van der Waals surface area contributed by atoms with E-state index in [1.54, 1.807) is 19.2 Å². The van der Waals surface area contributed by atoms with E-state index in [0.717, 1.165) is 5.56 Å². The van der Waals surface area contributed by atoms with Gasteiger partial charge in [0.1, 0.15) is 5.60 Å². The summed E-state index contributed by atoms with van der Waals surface area (Å²) in [4.78, 5) is 12.5. The molecule has 2 aromatic carbocycles. The van der Waals surface area contributed by atoms with Gasteiger partial charge in [-0.1, -0.05) is 37.3 Å². The molecule has 0 saturated carbocycles. The van der Waals surface area contributed by atoms with Crippen molar-refractivity contribution in [2.24, 2.45) is 0 Å². The standard InChI is InChI=1S/C21H28N2O5/c1-6-21(28-5,15-10-8-7-9-11-15)14-22-20(24)23-16-12-17(25-2)19(27-4)18(13-16)26-3/h7-13H,6,14H2,1-5H3,(H2,22,23,24). The Morgan fingerprint density at radius 1 is 0.964 bits per heavy atom. The summed E-state index contributed by atoms with van der Waals surface area (Å²) in [5.41, 5.74) is 0.924. The van der Waals surface area contributed by atoms with E-state index < -0.39 is 5.60 Å². The summed E-state index contributed by atoms with van der Waals surface area (Å²) in [6.07, 6.45) is 0.706. The predicted molar refractivity (Wildman–Crippen MR) is 109 cm³/mol. The molecule has 0 fully saturated rings. The van der Waals surface area contributed by atoms with Crippen LogP contribution in [-0.4, -0.2) is 41.0 Å². The van der Waals surface area contributed by atoms with Crippen molar-refractivity contribution in [2.75, 3.05) is 40.3 Å². The van der Waals surface area contributed by atoms with Gasteiger partial charge in [-0.25, -0.2) is 4.79 Å². The molecule has 28 heavy (non-hydrogen) atoms. The number of nitrogens with one attached hydrogen (secondary N) is 2. The smallest absolute Gasteiger partial charge is 0.319 e. The number of urea groups is 1. The van der Waals surface area contributed by atoms with Crippen molar-refractivity contribution in [1.82, 2.24) is 5.32 Å². The number of carbonyl (C=O) groups is 1. The molecule has 2 amide bonds. The number of carbonyl (C=O) groups excluding carboxylic acids is 1. The average molecular weight is 388 g/mol. The summed E-state index contributed by atoms with van der Waals surface area (Å²) in [6.45, 7) is 2.34. The van der Waals surface area contributed by atoms with Crippen molar-refractivity contribution in [3.8, 4) is 17.2 Å². The Hall–Kier alpha value is -2.93. The normalized spacial score (nSPS) is 12.6. The molecule has 0 heterocycles. The van der Waals surface area contributed by atoms with E-state index in [1.165, 1.54) is 21.3 Å². The highest BCUT2D eigenvalue weighted by Crippen LogP contribution is 2.39. The quantitative estimate of drug-likeness (QED) is 0.683. The van der Waals surface area contributed by atoms with Crippen LogP contribution in [0.15, 0.2) is 42.5 Å². The Bertz CT molecular complexity index is 751. The Morgan fingerprint density at radius 3 is 2.04 bits per heavy atom. The van der Waals surface area contributed by atoms with E-state index in [2.05, 4.69) is 10.6 Å². The molecule has 1 unspecified atom stereocenters. The van der Waals surface area contributed by atoms with Crippen LogP contribution in [0.4, 0.5) is 10.5 Å². The monoisotopic (exact) mass is 388 g/mol. The topological polar surface area (TPSA) is 78.1 Å². The minimum atomic E-state index is -0.603. The summed E-state index contributed by atoms with van der Waals surface area (Å²) in [5, 5.41) is 5.68. The maximum absolute atomic E-state index is 12.5. The lowest BCUT2D eigenvalue weighted by Crippen LogP contribution is -2.43. The number of anilines is 1. The molecule has 152 valence electrons. The van der Waals surface area contributed by atoms with Crippen molar-refractivity contribution in [1.29, 1.82) is 0 Å². The van der Waals surface area contributed by atoms with Gasteiger partial charge in [0.05, 0.1) is 33.6 Å². The summed E-state index contributed by atoms with van der Waals surface area (Å²) in [7, 11) is 6.22. The second-order valence-corrected chi connectivity index (χ2v) is 6.14. The summed E-state index contributed by atoms with van der Waals surface area (Å²) in [6, 6.07) is 12.8. The Labute approximate surface area is 165 Å². The molecule has 2 N–H and O–H groups in total. The van der Waals surface area contributed by atoms with Crippen LogP contribution in [0.25, 0.3) is 0 Å². The lowest BCUT2D eigenvalue weighted by molar-refractivity contribution is -0.0149. The predicted octanol–water partition coefficient (Wildman–Crippen LogP) is 3.79. The van der Waals surface area contributed by atoms with Gasteiger partial charge in [0.25, 0.3) is 0 Å². The van der Waals surface area contributed by atoms with E-state index in [1.807, 2.05) is 37.3 Å². The van der Waals surface area contributed by atoms with Crippen LogP contribution in [0.5, 0.6) is 17.2 Å². The van der Waals surface area contributed by atoms with Crippen LogP contribution >= 0.6 is 0 Å². The number of methoxy groups -OCH3 is 4. The maximum atomic E-state index is 12.5. The summed E-state index contributed by atoms with van der Waals surface area (Å²) < 4.78 is 21.7. The zero-order chi connectivity index (χ0) is 20.6. The largest absolute Gasteiger partial charge is 0.493 e. The zero-order valence-electron chi connectivity index (χ0n) is 17.0. The molecular weight excluding hydrogens is 360 g/mol. The number of ether oxygens (including phenoxy) is 4. The maximum Gasteiger partial charge on any atom is 0.319 e. The van der Waals surface area contributed by atoms with Crippen LogP contribution in [0.3, 0.4) is 0 Å². The molecule has 0 saturated heterocycles. The van der Waals surface area contributed by atoms with E-state index in [-0.39, 0.29) is 6.03 Å². The van der Waals surface area contributed by atoms with Gasteiger partial charge in [0.2, 0.25) is 5.75 Å². The molecule has 7 nitrogen and oxygen atoms in total. The molecule has 0 aromatic heterocycles. The fourth-order valence-electron chi connectivity index (χ4n) is 3.06. The van der Waals surface area contributed by atoms with Gasteiger partial charge in [-0.15, -0.1) is 0 Å². The number of amides is 2. The Morgan fingerprint density at radius 2 is 1.57 bits per heavy atom. The third-order valence-corrected chi connectivity index (χ3v) is 4.72. The fraction of sp³-hybridized carbons (Fsp3) is 0.381. The first kappa shape index (κ1) is 21.4.